The van der Waals surface area contributed by atoms with Crippen molar-refractivity contribution in [1.29, 1.82) is 0 Å². The van der Waals surface area contributed by atoms with E-state index in [9.17, 15) is 9.59 Å². The standard InChI is InChI=1S/C18H22N4O2S/c1-10(2)15-17(24)22-16(21-15)12-7-5-6-8-13(12)20-18(22)25-9-14(23)19-11(3)4/h5-8,10-11,15H,9H2,1-4H3,(H,19,23)/t15-/m0/s1. The van der Waals surface area contributed by atoms with Crippen molar-refractivity contribution in [3.8, 4) is 0 Å². The number of aliphatic imine (C=N–C) groups is 2. The number of benzene rings is 1. The highest BCUT2D eigenvalue weighted by Gasteiger charge is 2.42. The lowest BCUT2D eigenvalue weighted by Gasteiger charge is -2.25. The van der Waals surface area contributed by atoms with Crippen LogP contribution in [-0.2, 0) is 9.59 Å². The average Bonchev–Trinajstić information content (AvgIpc) is 2.90. The predicted molar refractivity (Wildman–Crippen MR) is 101 cm³/mol. The maximum Gasteiger partial charge on any atom is 0.259 e. The van der Waals surface area contributed by atoms with E-state index in [1.807, 2.05) is 52.0 Å². The van der Waals surface area contributed by atoms with Crippen molar-refractivity contribution < 1.29 is 9.59 Å². The topological polar surface area (TPSA) is 74.1 Å². The molecule has 0 aliphatic carbocycles. The molecule has 0 saturated carbocycles. The molecule has 1 aromatic rings. The Morgan fingerprint density at radius 1 is 1.28 bits per heavy atom. The van der Waals surface area contributed by atoms with Crippen LogP contribution in [-0.4, -0.2) is 45.6 Å². The van der Waals surface area contributed by atoms with Crippen LogP contribution in [0.15, 0.2) is 34.3 Å². The van der Waals surface area contributed by atoms with Crippen molar-refractivity contribution in [3.05, 3.63) is 29.8 Å². The lowest BCUT2D eigenvalue weighted by Crippen LogP contribution is -2.42. The quantitative estimate of drug-likeness (QED) is 0.899. The zero-order valence-electron chi connectivity index (χ0n) is 14.8. The number of amidine groups is 2. The van der Waals surface area contributed by atoms with Crippen LogP contribution in [0.4, 0.5) is 5.69 Å². The van der Waals surface area contributed by atoms with Gasteiger partial charge in [-0.3, -0.25) is 14.6 Å². The Hall–Kier alpha value is -2.15. The van der Waals surface area contributed by atoms with E-state index in [0.717, 1.165) is 11.3 Å². The summed E-state index contributed by atoms with van der Waals surface area (Å²) in [6.07, 6.45) is 0. The predicted octanol–water partition coefficient (Wildman–Crippen LogP) is 2.56. The number of thioether (sulfide) groups is 1. The van der Waals surface area contributed by atoms with Crippen molar-refractivity contribution in [2.45, 2.75) is 39.8 Å². The Bertz CT molecular complexity index is 770. The van der Waals surface area contributed by atoms with Crippen LogP contribution in [0.3, 0.4) is 0 Å². The van der Waals surface area contributed by atoms with E-state index in [-0.39, 0.29) is 29.5 Å². The molecule has 25 heavy (non-hydrogen) atoms. The van der Waals surface area contributed by atoms with Gasteiger partial charge >= 0.3 is 0 Å². The molecule has 7 heteroatoms. The third kappa shape index (κ3) is 3.46. The molecule has 1 atom stereocenters. The zero-order valence-corrected chi connectivity index (χ0v) is 15.6. The maximum atomic E-state index is 12.8. The van der Waals surface area contributed by atoms with E-state index in [1.165, 1.54) is 11.8 Å². The number of amides is 2. The van der Waals surface area contributed by atoms with Crippen LogP contribution in [0.5, 0.6) is 0 Å². The van der Waals surface area contributed by atoms with Gasteiger partial charge in [-0.1, -0.05) is 37.7 Å². The van der Waals surface area contributed by atoms with Crippen LogP contribution in [0.1, 0.15) is 33.3 Å². The van der Waals surface area contributed by atoms with Crippen LogP contribution >= 0.6 is 11.8 Å². The molecule has 2 aliphatic heterocycles. The van der Waals surface area contributed by atoms with Crippen LogP contribution in [0.25, 0.3) is 0 Å². The highest BCUT2D eigenvalue weighted by atomic mass is 32.2. The molecule has 1 aromatic carbocycles. The van der Waals surface area contributed by atoms with E-state index in [1.54, 1.807) is 4.90 Å². The van der Waals surface area contributed by atoms with Gasteiger partial charge in [0.2, 0.25) is 5.91 Å². The smallest absolute Gasteiger partial charge is 0.259 e. The number of carbonyl (C=O) groups excluding carboxylic acids is 2. The lowest BCUT2D eigenvalue weighted by atomic mass is 10.1. The first-order chi connectivity index (χ1) is 11.9. The van der Waals surface area contributed by atoms with Gasteiger partial charge in [0.25, 0.3) is 5.91 Å². The Morgan fingerprint density at radius 2 is 2.00 bits per heavy atom. The molecule has 0 radical (unpaired) electrons. The summed E-state index contributed by atoms with van der Waals surface area (Å²) in [7, 11) is 0. The lowest BCUT2D eigenvalue weighted by molar-refractivity contribution is -0.125. The number of hydrogen-bond acceptors (Lipinski definition) is 5. The van der Waals surface area contributed by atoms with E-state index in [0.29, 0.717) is 11.0 Å². The summed E-state index contributed by atoms with van der Waals surface area (Å²) >= 11 is 1.27. The molecular formula is C18H22N4O2S. The number of hydrogen-bond donors (Lipinski definition) is 1. The summed E-state index contributed by atoms with van der Waals surface area (Å²) in [5.41, 5.74) is 1.64. The van der Waals surface area contributed by atoms with Gasteiger partial charge in [-0.25, -0.2) is 9.89 Å². The third-order valence-electron chi connectivity index (χ3n) is 3.91. The molecule has 2 amide bonds. The highest BCUT2D eigenvalue weighted by Crippen LogP contribution is 2.34. The number of rotatable bonds is 4. The molecule has 1 N–H and O–H groups in total. The zero-order chi connectivity index (χ0) is 18.1. The monoisotopic (exact) mass is 358 g/mol. The molecule has 0 saturated heterocycles. The fourth-order valence-electron chi connectivity index (χ4n) is 2.79. The van der Waals surface area contributed by atoms with Gasteiger partial charge < -0.3 is 5.32 Å². The van der Waals surface area contributed by atoms with E-state index >= 15 is 0 Å². The van der Waals surface area contributed by atoms with Gasteiger partial charge in [-0.2, -0.15) is 0 Å². The fraction of sp³-hybridized carbons (Fsp3) is 0.444. The second-order valence-corrected chi connectivity index (χ2v) is 7.68. The summed E-state index contributed by atoms with van der Waals surface area (Å²) < 4.78 is 0. The maximum absolute atomic E-state index is 12.8. The van der Waals surface area contributed by atoms with Crippen molar-refractivity contribution >= 4 is 40.3 Å². The minimum atomic E-state index is -0.406. The van der Waals surface area contributed by atoms with Gasteiger partial charge in [-0.15, -0.1) is 0 Å². The molecule has 0 fully saturated rings. The van der Waals surface area contributed by atoms with Gasteiger partial charge in [0, 0.05) is 11.6 Å². The Balaban J connectivity index is 1.91. The molecule has 0 bridgehead atoms. The number of fused-ring (bicyclic) bond motifs is 3. The van der Waals surface area contributed by atoms with Crippen LogP contribution in [0, 0.1) is 5.92 Å². The normalized spacial score (nSPS) is 18.9. The van der Waals surface area contributed by atoms with E-state index in [4.69, 9.17) is 0 Å². The molecule has 0 aromatic heterocycles. The SMILES string of the molecule is CC(C)NC(=O)CSC1=Nc2ccccc2C2=N[C@@H](C(C)C)C(=O)N12. The Morgan fingerprint density at radius 3 is 2.68 bits per heavy atom. The molecular weight excluding hydrogens is 336 g/mol. The van der Waals surface area contributed by atoms with Gasteiger partial charge in [0.15, 0.2) is 5.17 Å². The first-order valence-electron chi connectivity index (χ1n) is 8.40. The number of nitrogens with zero attached hydrogens (tertiary/aromatic N) is 3. The largest absolute Gasteiger partial charge is 0.353 e. The molecule has 0 spiro atoms. The first-order valence-corrected chi connectivity index (χ1v) is 9.39. The average molecular weight is 358 g/mol. The van der Waals surface area contributed by atoms with Crippen molar-refractivity contribution in [3.63, 3.8) is 0 Å². The molecule has 0 unspecified atom stereocenters. The summed E-state index contributed by atoms with van der Waals surface area (Å²) in [5, 5.41) is 3.37. The number of para-hydroxylation sites is 1. The summed E-state index contributed by atoms with van der Waals surface area (Å²) in [6.45, 7) is 7.80. The molecule has 6 nitrogen and oxygen atoms in total. The number of carbonyl (C=O) groups is 2. The molecule has 2 aliphatic rings. The molecule has 2 heterocycles. The van der Waals surface area contributed by atoms with Gasteiger partial charge in [0.1, 0.15) is 11.9 Å². The van der Waals surface area contributed by atoms with Crippen molar-refractivity contribution in [2.24, 2.45) is 15.9 Å². The summed E-state index contributed by atoms with van der Waals surface area (Å²) in [5.74, 6) is 0.805. The molecule has 3 rings (SSSR count). The second-order valence-electron chi connectivity index (χ2n) is 6.74. The Labute approximate surface area is 151 Å². The van der Waals surface area contributed by atoms with Crippen LogP contribution < -0.4 is 5.32 Å². The minimum Gasteiger partial charge on any atom is -0.353 e. The second kappa shape index (κ2) is 7.00. The van der Waals surface area contributed by atoms with E-state index in [2.05, 4.69) is 15.3 Å². The Kier molecular flexibility index (Phi) is 4.94. The molecule has 132 valence electrons. The van der Waals surface area contributed by atoms with Gasteiger partial charge in [-0.05, 0) is 31.9 Å². The van der Waals surface area contributed by atoms with E-state index < -0.39 is 6.04 Å². The summed E-state index contributed by atoms with van der Waals surface area (Å²) in [6, 6.07) is 7.32. The third-order valence-corrected chi connectivity index (χ3v) is 4.85. The van der Waals surface area contributed by atoms with Crippen LogP contribution in [0.2, 0.25) is 0 Å². The summed E-state index contributed by atoms with van der Waals surface area (Å²) in [4.78, 5) is 35.6. The number of nitrogens with one attached hydrogen (secondary N) is 1. The first kappa shape index (κ1) is 17.7. The fourth-order valence-corrected chi connectivity index (χ4v) is 3.61. The van der Waals surface area contributed by atoms with Gasteiger partial charge in [0.05, 0.1) is 11.4 Å². The minimum absolute atomic E-state index is 0.0741. The van der Waals surface area contributed by atoms with Crippen molar-refractivity contribution in [2.75, 3.05) is 5.75 Å². The van der Waals surface area contributed by atoms with Crippen molar-refractivity contribution in [1.82, 2.24) is 10.2 Å². The highest BCUT2D eigenvalue weighted by molar-refractivity contribution is 8.14.